The number of fused-ring (bicyclic) bond motifs is 5. The predicted molar refractivity (Wildman–Crippen MR) is 148 cm³/mol. The summed E-state index contributed by atoms with van der Waals surface area (Å²) >= 11 is 0. The Morgan fingerprint density at radius 1 is 1.02 bits per heavy atom. The Morgan fingerprint density at radius 3 is 2.21 bits per heavy atom. The predicted octanol–water partition coefficient (Wildman–Crippen LogP) is 2.93. The summed E-state index contributed by atoms with van der Waals surface area (Å²) in [5, 5.41) is 24.7. The molecule has 2 N–H and O–H groups in total. The number of esters is 3. The minimum absolute atomic E-state index is 0.0611. The Bertz CT molecular complexity index is 1350. The van der Waals surface area contributed by atoms with Crippen LogP contribution in [0.4, 0.5) is 0 Å². The topological polar surface area (TPSA) is 146 Å². The van der Waals surface area contributed by atoms with E-state index in [9.17, 15) is 29.4 Å². The van der Waals surface area contributed by atoms with Crippen LogP contribution in [0.15, 0.2) is 41.5 Å². The molecule has 1 aromatic carbocycles. The second-order valence-corrected chi connectivity index (χ2v) is 13.2. The molecule has 2 saturated carbocycles. The van der Waals surface area contributed by atoms with E-state index in [0.29, 0.717) is 5.57 Å². The van der Waals surface area contributed by atoms with Crippen molar-refractivity contribution in [2.24, 2.45) is 22.7 Å². The largest absolute Gasteiger partial charge is 0.455 e. The number of hydrogen-bond donors (Lipinski definition) is 2. The van der Waals surface area contributed by atoms with Crippen LogP contribution in [0.25, 0.3) is 0 Å². The lowest BCUT2D eigenvalue weighted by atomic mass is 9.44. The van der Waals surface area contributed by atoms with Crippen LogP contribution in [0.1, 0.15) is 71.7 Å². The lowest BCUT2D eigenvalue weighted by molar-refractivity contribution is -0.345. The van der Waals surface area contributed by atoms with Crippen molar-refractivity contribution in [1.82, 2.24) is 0 Å². The fraction of sp³-hybridized carbons (Fsp3) is 0.625. The van der Waals surface area contributed by atoms with E-state index in [1.54, 1.807) is 44.2 Å². The third-order valence-corrected chi connectivity index (χ3v) is 10.6. The van der Waals surface area contributed by atoms with Gasteiger partial charge in [0.05, 0.1) is 29.6 Å². The highest BCUT2D eigenvalue weighted by atomic mass is 16.6. The van der Waals surface area contributed by atoms with Crippen LogP contribution >= 0.6 is 0 Å². The molecule has 0 spiro atoms. The SMILES string of the molecule is CC(=O)O[C@H]1C(=O)[C@]2(C)[C@@H](O)C[C@H]3OC[C@]3(OC(C)=O)[C@@H]2[C@@H](OC(=O)c2ccccc2)[C@]2(O)C[C@H](C)C(C)=C1C2(C)C. The van der Waals surface area contributed by atoms with Crippen LogP contribution in [0.2, 0.25) is 0 Å². The lowest BCUT2D eigenvalue weighted by Crippen LogP contribution is -2.81. The summed E-state index contributed by atoms with van der Waals surface area (Å²) in [6, 6.07) is 8.26. The molecule has 10 nitrogen and oxygen atoms in total. The Morgan fingerprint density at radius 2 is 1.67 bits per heavy atom. The summed E-state index contributed by atoms with van der Waals surface area (Å²) in [5.74, 6) is -4.29. The lowest BCUT2D eigenvalue weighted by Gasteiger charge is -2.67. The number of hydrogen-bond acceptors (Lipinski definition) is 10. The Kier molecular flexibility index (Phi) is 7.23. The van der Waals surface area contributed by atoms with Crippen LogP contribution < -0.4 is 0 Å². The molecule has 3 aliphatic carbocycles. The highest BCUT2D eigenvalue weighted by Crippen LogP contribution is 2.64. The molecule has 1 aliphatic heterocycles. The number of aliphatic hydroxyl groups excluding tert-OH is 1. The van der Waals surface area contributed by atoms with E-state index in [-0.39, 0.29) is 30.9 Å². The van der Waals surface area contributed by atoms with Crippen LogP contribution in [0.5, 0.6) is 0 Å². The zero-order valence-corrected chi connectivity index (χ0v) is 25.1. The number of carbonyl (C=O) groups excluding carboxylic acids is 4. The zero-order chi connectivity index (χ0) is 31.0. The summed E-state index contributed by atoms with van der Waals surface area (Å²) in [5.41, 5.74) is -5.05. The van der Waals surface area contributed by atoms with Crippen LogP contribution in [0, 0.1) is 22.7 Å². The summed E-state index contributed by atoms with van der Waals surface area (Å²) in [6.07, 6.45) is -5.02. The smallest absolute Gasteiger partial charge is 0.338 e. The van der Waals surface area contributed by atoms with Gasteiger partial charge in [-0.1, -0.05) is 44.5 Å². The van der Waals surface area contributed by atoms with Gasteiger partial charge in [-0.2, -0.15) is 0 Å². The first-order valence-corrected chi connectivity index (χ1v) is 14.4. The molecule has 1 heterocycles. The molecule has 2 bridgehead atoms. The molecule has 9 atom stereocenters. The summed E-state index contributed by atoms with van der Waals surface area (Å²) in [6.45, 7) is 11.0. The normalized spacial score (nSPS) is 40.4. The average molecular weight is 585 g/mol. The van der Waals surface area contributed by atoms with E-state index in [1.165, 1.54) is 20.8 Å². The second kappa shape index (κ2) is 9.99. The van der Waals surface area contributed by atoms with Gasteiger partial charge in [-0.25, -0.2) is 4.79 Å². The second-order valence-electron chi connectivity index (χ2n) is 13.2. The maximum absolute atomic E-state index is 14.9. The van der Waals surface area contributed by atoms with Gasteiger partial charge in [-0.15, -0.1) is 0 Å². The quantitative estimate of drug-likeness (QED) is 0.308. The van der Waals surface area contributed by atoms with E-state index in [4.69, 9.17) is 18.9 Å². The number of allylic oxidation sites excluding steroid dienone is 1. The monoisotopic (exact) mass is 584 g/mol. The van der Waals surface area contributed by atoms with Crippen molar-refractivity contribution in [3.8, 4) is 0 Å². The molecule has 3 fully saturated rings. The number of rotatable bonds is 4. The van der Waals surface area contributed by atoms with Gasteiger partial charge in [0.25, 0.3) is 0 Å². The number of benzene rings is 1. The average Bonchev–Trinajstić information content (AvgIpc) is 2.90. The van der Waals surface area contributed by atoms with E-state index in [0.717, 1.165) is 5.57 Å². The first kappa shape index (κ1) is 30.4. The van der Waals surface area contributed by atoms with Crippen molar-refractivity contribution in [3.05, 3.63) is 47.0 Å². The molecular weight excluding hydrogens is 544 g/mol. The number of Topliss-reactive ketones (excluding diaryl/α,β-unsaturated/α-hetero) is 1. The van der Waals surface area contributed by atoms with Gasteiger partial charge >= 0.3 is 17.9 Å². The minimum Gasteiger partial charge on any atom is -0.455 e. The van der Waals surface area contributed by atoms with E-state index in [2.05, 4.69) is 0 Å². The number of carbonyl (C=O) groups is 4. The standard InChI is InChI=1S/C32H40O10/c1-16-14-32(38)27(41-28(37)20-11-9-8-10-12-20)25-30(7,21(35)13-22-31(25,15-39-22)42-19(4)34)26(36)24(40-18(3)33)23(17(16)2)29(32,5)6/h8-12,16,21-22,24-25,27,35,38H,13-15H2,1-7H3/t16-,21-,22+,24+,25+,27+,30+,31+,32+/m0/s1. The molecule has 0 aromatic heterocycles. The van der Waals surface area contributed by atoms with Crippen LogP contribution in [-0.4, -0.2) is 76.1 Å². The molecule has 1 saturated heterocycles. The van der Waals surface area contributed by atoms with Gasteiger partial charge in [-0.05, 0) is 43.9 Å². The molecular formula is C32H40O10. The van der Waals surface area contributed by atoms with Crippen molar-refractivity contribution in [2.75, 3.05) is 6.61 Å². The van der Waals surface area contributed by atoms with Gasteiger partial charge in [0.15, 0.2) is 17.5 Å². The first-order chi connectivity index (χ1) is 19.5. The summed E-state index contributed by atoms with van der Waals surface area (Å²) in [7, 11) is 0. The third kappa shape index (κ3) is 4.09. The highest BCUT2D eigenvalue weighted by Gasteiger charge is 2.78. The Balaban J connectivity index is 1.84. The maximum atomic E-state index is 14.9. The molecule has 4 aliphatic rings. The van der Waals surface area contributed by atoms with E-state index in [1.807, 2.05) is 13.8 Å². The highest BCUT2D eigenvalue weighted by molar-refractivity contribution is 5.95. The van der Waals surface area contributed by atoms with Crippen LogP contribution in [0.3, 0.4) is 0 Å². The number of aliphatic hydroxyl groups is 2. The Labute approximate surface area is 245 Å². The number of ketones is 1. The molecule has 1 aromatic rings. The summed E-state index contributed by atoms with van der Waals surface area (Å²) in [4.78, 5) is 53.7. The van der Waals surface area contributed by atoms with Crippen molar-refractivity contribution >= 4 is 23.7 Å². The maximum Gasteiger partial charge on any atom is 0.338 e. The van der Waals surface area contributed by atoms with E-state index >= 15 is 0 Å². The van der Waals surface area contributed by atoms with Crippen molar-refractivity contribution in [3.63, 3.8) is 0 Å². The fourth-order valence-corrected chi connectivity index (χ4v) is 8.16. The molecule has 0 radical (unpaired) electrons. The molecule has 0 unspecified atom stereocenters. The molecule has 228 valence electrons. The molecule has 42 heavy (non-hydrogen) atoms. The molecule has 5 rings (SSSR count). The van der Waals surface area contributed by atoms with Gasteiger partial charge in [-0.3, -0.25) is 14.4 Å². The van der Waals surface area contributed by atoms with Gasteiger partial charge < -0.3 is 29.2 Å². The zero-order valence-electron chi connectivity index (χ0n) is 25.1. The minimum atomic E-state index is -1.86. The van der Waals surface area contributed by atoms with Crippen molar-refractivity contribution in [2.45, 2.75) is 96.9 Å². The molecule has 10 heteroatoms. The van der Waals surface area contributed by atoms with Gasteiger partial charge in [0, 0.05) is 25.7 Å². The van der Waals surface area contributed by atoms with Crippen LogP contribution in [-0.2, 0) is 33.3 Å². The van der Waals surface area contributed by atoms with Gasteiger partial charge in [0.2, 0.25) is 0 Å². The van der Waals surface area contributed by atoms with E-state index < -0.39 is 76.1 Å². The van der Waals surface area contributed by atoms with Crippen molar-refractivity contribution in [1.29, 1.82) is 0 Å². The third-order valence-electron chi connectivity index (χ3n) is 10.6. The number of ether oxygens (including phenoxy) is 4. The fourth-order valence-electron chi connectivity index (χ4n) is 8.16. The Hall–Kier alpha value is -3.08. The van der Waals surface area contributed by atoms with Gasteiger partial charge in [0.1, 0.15) is 17.8 Å². The molecule has 0 amide bonds. The van der Waals surface area contributed by atoms with Crippen molar-refractivity contribution < 1.29 is 48.3 Å². The first-order valence-electron chi connectivity index (χ1n) is 14.4. The summed E-state index contributed by atoms with van der Waals surface area (Å²) < 4.78 is 23.8.